The fraction of sp³-hybridized carbons (Fsp3) is 0.909. The molecule has 4 N–H and O–H groups in total. The van der Waals surface area contributed by atoms with Gasteiger partial charge in [-0.3, -0.25) is 0 Å². The molecule has 0 radical (unpaired) electrons. The smallest absolute Gasteiger partial charge is 0.400 e. The van der Waals surface area contributed by atoms with E-state index < -0.39 is 17.9 Å². The summed E-state index contributed by atoms with van der Waals surface area (Å²) in [6.07, 6.45) is -0.124. The van der Waals surface area contributed by atoms with E-state index in [0.29, 0.717) is 5.92 Å². The van der Waals surface area contributed by atoms with Crippen molar-refractivity contribution < 1.29 is 18.4 Å². The zero-order chi connectivity index (χ0) is 13.8. The summed E-state index contributed by atoms with van der Waals surface area (Å²) in [5, 5.41) is 13.7. The van der Waals surface area contributed by atoms with E-state index in [0.717, 1.165) is 25.7 Å². The molecule has 0 aromatic carbocycles. The summed E-state index contributed by atoms with van der Waals surface area (Å²) in [5.41, 5.74) is 5.08. The summed E-state index contributed by atoms with van der Waals surface area (Å²) in [5.74, 6) is -2.31. The van der Waals surface area contributed by atoms with E-state index in [1.807, 2.05) is 6.92 Å². The van der Waals surface area contributed by atoms with Gasteiger partial charge in [-0.15, -0.1) is 0 Å². The lowest BCUT2D eigenvalue weighted by molar-refractivity contribution is -0.155. The molecular formula is C11H20F3N3O. The molecule has 1 aliphatic rings. The highest BCUT2D eigenvalue weighted by Crippen LogP contribution is 2.29. The Hall–Kier alpha value is -0.980. The first kappa shape index (κ1) is 15.1. The molecule has 1 fully saturated rings. The Kier molecular flexibility index (Phi) is 5.25. The molecule has 7 heteroatoms. The first-order valence-corrected chi connectivity index (χ1v) is 6.13. The molecule has 0 aromatic rings. The monoisotopic (exact) mass is 267 g/mol. The number of hydrogen-bond acceptors (Lipinski definition) is 3. The van der Waals surface area contributed by atoms with Crippen LogP contribution in [0.4, 0.5) is 13.2 Å². The molecule has 4 nitrogen and oxygen atoms in total. The van der Waals surface area contributed by atoms with Crippen molar-refractivity contribution >= 4 is 5.84 Å². The molecule has 1 saturated carbocycles. The van der Waals surface area contributed by atoms with E-state index in [4.69, 9.17) is 10.9 Å². The van der Waals surface area contributed by atoms with Crippen LogP contribution in [-0.4, -0.2) is 29.8 Å². The number of nitrogens with zero attached hydrogens (tertiary/aromatic N) is 1. The topological polar surface area (TPSA) is 70.6 Å². The van der Waals surface area contributed by atoms with Crippen LogP contribution in [0.2, 0.25) is 0 Å². The third-order valence-electron chi connectivity index (χ3n) is 3.62. The zero-order valence-electron chi connectivity index (χ0n) is 10.4. The van der Waals surface area contributed by atoms with Gasteiger partial charge in [-0.25, -0.2) is 0 Å². The van der Waals surface area contributed by atoms with Crippen molar-refractivity contribution in [2.75, 3.05) is 6.54 Å². The predicted molar refractivity (Wildman–Crippen MR) is 62.4 cm³/mol. The minimum atomic E-state index is -4.50. The molecule has 106 valence electrons. The van der Waals surface area contributed by atoms with E-state index in [1.165, 1.54) is 0 Å². The molecule has 1 unspecified atom stereocenters. The second-order valence-corrected chi connectivity index (χ2v) is 4.86. The van der Waals surface area contributed by atoms with E-state index in [1.54, 1.807) is 0 Å². The molecule has 0 bridgehead atoms. The Morgan fingerprint density at radius 2 is 2.00 bits per heavy atom. The molecule has 0 spiro atoms. The third kappa shape index (κ3) is 4.04. The molecular weight excluding hydrogens is 247 g/mol. The summed E-state index contributed by atoms with van der Waals surface area (Å²) in [7, 11) is 0. The highest BCUT2D eigenvalue weighted by Gasteiger charge is 2.42. The molecule has 1 rings (SSSR count). The lowest BCUT2D eigenvalue weighted by atomic mass is 9.98. The Morgan fingerprint density at radius 1 is 1.44 bits per heavy atom. The Balaban J connectivity index is 2.51. The predicted octanol–water partition coefficient (Wildman–Crippen LogP) is 2.08. The van der Waals surface area contributed by atoms with Gasteiger partial charge in [-0.2, -0.15) is 13.2 Å². The van der Waals surface area contributed by atoms with Crippen molar-refractivity contribution in [1.29, 1.82) is 0 Å². The lowest BCUT2D eigenvalue weighted by Crippen LogP contribution is -2.46. The molecule has 0 heterocycles. The van der Waals surface area contributed by atoms with Gasteiger partial charge in [0.15, 0.2) is 5.84 Å². The minimum absolute atomic E-state index is 0.0174. The standard InChI is InChI=1S/C11H20F3N3O/c1-7(8-4-2-3-5-8)16-6-9(10(15)17-18)11(12,13)14/h7-9,16,18H,2-6H2,1H3,(H2,15,17)/t7-,9?/m1/s1. The number of nitrogens with one attached hydrogen (secondary N) is 1. The summed E-state index contributed by atoms with van der Waals surface area (Å²) in [6.45, 7) is 1.53. The number of alkyl halides is 3. The fourth-order valence-corrected chi connectivity index (χ4v) is 2.39. The van der Waals surface area contributed by atoms with Crippen LogP contribution in [0, 0.1) is 11.8 Å². The van der Waals surface area contributed by atoms with E-state index >= 15 is 0 Å². The van der Waals surface area contributed by atoms with Crippen molar-refractivity contribution in [1.82, 2.24) is 5.32 Å². The average molecular weight is 267 g/mol. The van der Waals surface area contributed by atoms with Gasteiger partial charge < -0.3 is 16.3 Å². The second kappa shape index (κ2) is 6.26. The Labute approximate surface area is 104 Å². The number of nitrogens with two attached hydrogens (primary N) is 1. The van der Waals surface area contributed by atoms with Gasteiger partial charge in [0.2, 0.25) is 0 Å². The van der Waals surface area contributed by atoms with E-state index in [9.17, 15) is 13.2 Å². The summed E-state index contributed by atoms with van der Waals surface area (Å²) in [6, 6.07) is 0.0174. The second-order valence-electron chi connectivity index (χ2n) is 4.86. The van der Waals surface area contributed by atoms with Gasteiger partial charge in [0, 0.05) is 12.6 Å². The first-order chi connectivity index (χ1) is 8.36. The van der Waals surface area contributed by atoms with E-state index in [-0.39, 0.29) is 12.6 Å². The molecule has 0 aliphatic heterocycles. The van der Waals surface area contributed by atoms with Crippen molar-refractivity contribution in [3.05, 3.63) is 0 Å². The normalized spacial score (nSPS) is 22.1. The summed E-state index contributed by atoms with van der Waals surface area (Å²) < 4.78 is 38.0. The van der Waals surface area contributed by atoms with Crippen LogP contribution in [0.25, 0.3) is 0 Å². The number of hydrogen-bond donors (Lipinski definition) is 3. The number of amidine groups is 1. The maximum Gasteiger partial charge on any atom is 0.400 e. The van der Waals surface area contributed by atoms with Crippen LogP contribution in [0.5, 0.6) is 0 Å². The summed E-state index contributed by atoms with van der Waals surface area (Å²) >= 11 is 0. The SMILES string of the molecule is C[C@@H](NCC(C(N)=NO)C(F)(F)F)C1CCCC1. The number of rotatable bonds is 5. The third-order valence-corrected chi connectivity index (χ3v) is 3.62. The van der Waals surface area contributed by atoms with Crippen LogP contribution < -0.4 is 11.1 Å². The Bertz CT molecular complexity index is 288. The maximum atomic E-state index is 12.7. The van der Waals surface area contributed by atoms with Gasteiger partial charge in [0.05, 0.1) is 0 Å². The van der Waals surface area contributed by atoms with Crippen LogP contribution >= 0.6 is 0 Å². The highest BCUT2D eigenvalue weighted by molar-refractivity contribution is 5.83. The quantitative estimate of drug-likeness (QED) is 0.309. The molecule has 0 amide bonds. The first-order valence-electron chi connectivity index (χ1n) is 6.13. The van der Waals surface area contributed by atoms with E-state index in [2.05, 4.69) is 10.5 Å². The minimum Gasteiger partial charge on any atom is -0.409 e. The van der Waals surface area contributed by atoms with Gasteiger partial charge in [0.25, 0.3) is 0 Å². The molecule has 0 saturated heterocycles. The van der Waals surface area contributed by atoms with Crippen molar-refractivity contribution in [2.24, 2.45) is 22.7 Å². The van der Waals surface area contributed by atoms with Gasteiger partial charge >= 0.3 is 6.18 Å². The zero-order valence-corrected chi connectivity index (χ0v) is 10.4. The molecule has 2 atom stereocenters. The lowest BCUT2D eigenvalue weighted by Gasteiger charge is -2.25. The fourth-order valence-electron chi connectivity index (χ4n) is 2.39. The highest BCUT2D eigenvalue weighted by atomic mass is 19.4. The van der Waals surface area contributed by atoms with Crippen LogP contribution in [0.15, 0.2) is 5.16 Å². The number of oxime groups is 1. The maximum absolute atomic E-state index is 12.7. The Morgan fingerprint density at radius 3 is 2.44 bits per heavy atom. The van der Waals surface area contributed by atoms with Gasteiger partial charge in [-0.05, 0) is 25.7 Å². The average Bonchev–Trinajstić information content (AvgIpc) is 2.80. The van der Waals surface area contributed by atoms with Crippen LogP contribution in [-0.2, 0) is 0 Å². The van der Waals surface area contributed by atoms with Crippen molar-refractivity contribution in [3.63, 3.8) is 0 Å². The molecule has 0 aromatic heterocycles. The van der Waals surface area contributed by atoms with Crippen LogP contribution in [0.3, 0.4) is 0 Å². The van der Waals surface area contributed by atoms with Gasteiger partial charge in [-0.1, -0.05) is 18.0 Å². The van der Waals surface area contributed by atoms with Crippen molar-refractivity contribution in [2.45, 2.75) is 44.8 Å². The summed E-state index contributed by atoms with van der Waals surface area (Å²) in [4.78, 5) is 0. The number of halogens is 3. The van der Waals surface area contributed by atoms with Gasteiger partial charge in [0.1, 0.15) is 5.92 Å². The molecule has 18 heavy (non-hydrogen) atoms. The van der Waals surface area contributed by atoms with Crippen LogP contribution in [0.1, 0.15) is 32.6 Å². The molecule has 1 aliphatic carbocycles. The largest absolute Gasteiger partial charge is 0.409 e. The van der Waals surface area contributed by atoms with Crippen molar-refractivity contribution in [3.8, 4) is 0 Å².